The largest absolute Gasteiger partial charge is 0.376 e. The summed E-state index contributed by atoms with van der Waals surface area (Å²) in [5, 5.41) is 0. The minimum absolute atomic E-state index is 0.287. The molecule has 0 aromatic heterocycles. The minimum Gasteiger partial charge on any atom is -0.376 e. The van der Waals surface area contributed by atoms with E-state index in [1.54, 1.807) is 0 Å². The predicted octanol–water partition coefficient (Wildman–Crippen LogP) is 1.34. The average Bonchev–Trinajstić information content (AvgIpc) is 3.20. The molecule has 0 saturated carbocycles. The van der Waals surface area contributed by atoms with Crippen molar-refractivity contribution in [2.24, 2.45) is 0 Å². The number of ether oxygens (including phenoxy) is 3. The standard InChI is InChI=1S/C13H14O3/c1-2-4-8(5-3-1)11-12-9(15-12)6-14-7-10-13(11)16-10/h1-5,9-13H,6-7H2. The number of hydrogen-bond acceptors (Lipinski definition) is 3. The topological polar surface area (TPSA) is 34.3 Å². The first-order valence-electron chi connectivity index (χ1n) is 5.87. The molecule has 3 heterocycles. The molecule has 4 rings (SSSR count). The molecule has 0 N–H and O–H groups in total. The van der Waals surface area contributed by atoms with Gasteiger partial charge in [0.1, 0.15) is 12.2 Å². The molecule has 3 nitrogen and oxygen atoms in total. The molecule has 0 amide bonds. The van der Waals surface area contributed by atoms with Gasteiger partial charge in [-0.25, -0.2) is 0 Å². The fourth-order valence-corrected chi connectivity index (χ4v) is 2.75. The van der Waals surface area contributed by atoms with Crippen LogP contribution in [0.4, 0.5) is 0 Å². The molecule has 3 saturated heterocycles. The molecule has 3 aliphatic heterocycles. The van der Waals surface area contributed by atoms with Gasteiger partial charge in [-0.05, 0) is 5.56 Å². The van der Waals surface area contributed by atoms with Crippen molar-refractivity contribution in [2.45, 2.75) is 30.3 Å². The van der Waals surface area contributed by atoms with E-state index in [1.165, 1.54) is 5.56 Å². The molecule has 1 aromatic carbocycles. The van der Waals surface area contributed by atoms with Gasteiger partial charge >= 0.3 is 0 Å². The van der Waals surface area contributed by atoms with Crippen molar-refractivity contribution in [1.29, 1.82) is 0 Å². The Morgan fingerprint density at radius 1 is 0.875 bits per heavy atom. The van der Waals surface area contributed by atoms with Crippen molar-refractivity contribution < 1.29 is 14.2 Å². The third kappa shape index (κ3) is 1.39. The van der Waals surface area contributed by atoms with Crippen LogP contribution in [0.5, 0.6) is 0 Å². The maximum atomic E-state index is 5.70. The van der Waals surface area contributed by atoms with Gasteiger partial charge in [0.05, 0.1) is 25.4 Å². The van der Waals surface area contributed by atoms with Crippen molar-refractivity contribution in [3.63, 3.8) is 0 Å². The molecule has 84 valence electrons. The zero-order valence-electron chi connectivity index (χ0n) is 8.91. The lowest BCUT2D eigenvalue weighted by Crippen LogP contribution is -2.23. The second-order valence-corrected chi connectivity index (χ2v) is 4.75. The van der Waals surface area contributed by atoms with Gasteiger partial charge in [0.15, 0.2) is 0 Å². The van der Waals surface area contributed by atoms with Gasteiger partial charge < -0.3 is 14.2 Å². The van der Waals surface area contributed by atoms with E-state index in [0.29, 0.717) is 18.1 Å². The summed E-state index contributed by atoms with van der Waals surface area (Å²) in [5.41, 5.74) is 1.34. The summed E-state index contributed by atoms with van der Waals surface area (Å²) in [4.78, 5) is 0. The highest BCUT2D eigenvalue weighted by molar-refractivity contribution is 5.27. The lowest BCUT2D eigenvalue weighted by Gasteiger charge is -2.14. The average molecular weight is 218 g/mol. The van der Waals surface area contributed by atoms with Crippen molar-refractivity contribution in [1.82, 2.24) is 0 Å². The lowest BCUT2D eigenvalue weighted by molar-refractivity contribution is 0.101. The third-order valence-electron chi connectivity index (χ3n) is 3.70. The smallest absolute Gasteiger partial charge is 0.108 e. The van der Waals surface area contributed by atoms with Crippen LogP contribution in [0.25, 0.3) is 0 Å². The van der Waals surface area contributed by atoms with Crippen LogP contribution in [0.1, 0.15) is 11.5 Å². The van der Waals surface area contributed by atoms with Crippen molar-refractivity contribution in [3.8, 4) is 0 Å². The van der Waals surface area contributed by atoms with E-state index < -0.39 is 0 Å². The van der Waals surface area contributed by atoms with E-state index in [0.717, 1.165) is 13.2 Å². The van der Waals surface area contributed by atoms with Crippen LogP contribution in [0, 0.1) is 0 Å². The van der Waals surface area contributed by atoms with Crippen LogP contribution >= 0.6 is 0 Å². The second kappa shape index (κ2) is 3.29. The third-order valence-corrected chi connectivity index (χ3v) is 3.70. The second-order valence-electron chi connectivity index (χ2n) is 4.75. The Morgan fingerprint density at radius 3 is 2.12 bits per heavy atom. The SMILES string of the molecule is c1ccc(C2C3OC3COCC3OC32)cc1. The zero-order chi connectivity index (χ0) is 10.5. The van der Waals surface area contributed by atoms with Gasteiger partial charge in [-0.15, -0.1) is 0 Å². The molecule has 0 spiro atoms. The zero-order valence-corrected chi connectivity index (χ0v) is 8.91. The van der Waals surface area contributed by atoms with E-state index in [9.17, 15) is 0 Å². The summed E-state index contributed by atoms with van der Waals surface area (Å²) < 4.78 is 16.9. The van der Waals surface area contributed by atoms with Gasteiger partial charge in [-0.3, -0.25) is 0 Å². The quantitative estimate of drug-likeness (QED) is 0.667. The Morgan fingerprint density at radius 2 is 1.50 bits per heavy atom. The highest BCUT2D eigenvalue weighted by Crippen LogP contribution is 2.47. The van der Waals surface area contributed by atoms with Crippen LogP contribution in [0.2, 0.25) is 0 Å². The van der Waals surface area contributed by atoms with E-state index in [2.05, 4.69) is 24.3 Å². The fourth-order valence-electron chi connectivity index (χ4n) is 2.75. The predicted molar refractivity (Wildman–Crippen MR) is 57.3 cm³/mol. The molecular weight excluding hydrogens is 204 g/mol. The first kappa shape index (κ1) is 9.16. The Hall–Kier alpha value is -0.900. The normalized spacial score (nSPS) is 44.9. The van der Waals surface area contributed by atoms with Crippen LogP contribution in [-0.2, 0) is 14.2 Å². The first-order valence-corrected chi connectivity index (χ1v) is 5.87. The maximum Gasteiger partial charge on any atom is 0.108 e. The molecule has 4 unspecified atom stereocenters. The molecular formula is C13H14O3. The highest BCUT2D eigenvalue weighted by atomic mass is 16.7. The molecule has 3 aliphatic rings. The van der Waals surface area contributed by atoms with Crippen molar-refractivity contribution in [2.75, 3.05) is 13.2 Å². The summed E-state index contributed by atoms with van der Waals surface area (Å²) in [6, 6.07) is 10.6. The molecule has 0 radical (unpaired) electrons. The highest BCUT2D eigenvalue weighted by Gasteiger charge is 2.58. The first-order chi connectivity index (χ1) is 7.93. The summed E-state index contributed by atoms with van der Waals surface area (Å²) in [6.45, 7) is 1.45. The van der Waals surface area contributed by atoms with E-state index >= 15 is 0 Å². The summed E-state index contributed by atoms with van der Waals surface area (Å²) in [6.07, 6.45) is 1.18. The minimum atomic E-state index is 0.287. The fraction of sp³-hybridized carbons (Fsp3) is 0.538. The van der Waals surface area contributed by atoms with E-state index in [1.807, 2.05) is 6.07 Å². The maximum absolute atomic E-state index is 5.70. The molecule has 0 bridgehead atoms. The molecule has 1 aromatic rings. The monoisotopic (exact) mass is 218 g/mol. The number of hydrogen-bond donors (Lipinski definition) is 0. The molecule has 3 heteroatoms. The Labute approximate surface area is 94.3 Å². The number of fused-ring (bicyclic) bond motifs is 2. The number of benzene rings is 1. The van der Waals surface area contributed by atoms with Crippen LogP contribution in [0.3, 0.4) is 0 Å². The summed E-state index contributed by atoms with van der Waals surface area (Å²) in [7, 11) is 0. The molecule has 4 atom stereocenters. The Balaban J connectivity index is 1.65. The van der Waals surface area contributed by atoms with Gasteiger partial charge in [0.25, 0.3) is 0 Å². The van der Waals surface area contributed by atoms with Crippen LogP contribution < -0.4 is 0 Å². The number of epoxide rings is 2. The molecule has 3 fully saturated rings. The van der Waals surface area contributed by atoms with E-state index in [4.69, 9.17) is 14.2 Å². The lowest BCUT2D eigenvalue weighted by atomic mass is 9.89. The number of rotatable bonds is 1. The van der Waals surface area contributed by atoms with Gasteiger partial charge in [-0.2, -0.15) is 0 Å². The molecule has 0 aliphatic carbocycles. The van der Waals surface area contributed by atoms with E-state index in [-0.39, 0.29) is 12.2 Å². The Bertz CT molecular complexity index is 373. The van der Waals surface area contributed by atoms with Crippen LogP contribution in [-0.4, -0.2) is 37.6 Å². The van der Waals surface area contributed by atoms with Gasteiger partial charge in [0.2, 0.25) is 0 Å². The Kier molecular flexibility index (Phi) is 1.89. The van der Waals surface area contributed by atoms with Gasteiger partial charge in [-0.1, -0.05) is 30.3 Å². The summed E-state index contributed by atoms with van der Waals surface area (Å²) >= 11 is 0. The summed E-state index contributed by atoms with van der Waals surface area (Å²) in [5.74, 6) is 0.403. The van der Waals surface area contributed by atoms with Crippen molar-refractivity contribution >= 4 is 0 Å². The van der Waals surface area contributed by atoms with Gasteiger partial charge in [0, 0.05) is 5.92 Å². The molecule has 16 heavy (non-hydrogen) atoms. The van der Waals surface area contributed by atoms with Crippen LogP contribution in [0.15, 0.2) is 30.3 Å². The van der Waals surface area contributed by atoms with Crippen molar-refractivity contribution in [3.05, 3.63) is 35.9 Å².